The first kappa shape index (κ1) is 26.5. The van der Waals surface area contributed by atoms with Crippen molar-refractivity contribution in [3.05, 3.63) is 66.2 Å². The Morgan fingerprint density at radius 3 is 2.65 bits per heavy atom. The van der Waals surface area contributed by atoms with Crippen LogP contribution in [0.3, 0.4) is 0 Å². The minimum Gasteiger partial charge on any atom is -0.464 e. The summed E-state index contributed by atoms with van der Waals surface area (Å²) >= 11 is 0. The number of rotatable bonds is 6. The molecule has 0 saturated carbocycles. The Labute approximate surface area is 218 Å². The molecule has 8 heteroatoms. The largest absolute Gasteiger partial charge is 0.464 e. The van der Waals surface area contributed by atoms with Crippen LogP contribution < -0.4 is 5.32 Å². The van der Waals surface area contributed by atoms with Crippen LogP contribution >= 0.6 is 0 Å². The number of furan rings is 1. The third-order valence-electron chi connectivity index (χ3n) is 6.39. The van der Waals surface area contributed by atoms with Crippen molar-refractivity contribution in [3.8, 4) is 0 Å². The van der Waals surface area contributed by atoms with Gasteiger partial charge in [-0.3, -0.25) is 4.98 Å². The van der Waals surface area contributed by atoms with Crippen molar-refractivity contribution >= 4 is 23.2 Å². The first-order valence-electron chi connectivity index (χ1n) is 12.9. The fourth-order valence-electron chi connectivity index (χ4n) is 4.81. The molecule has 2 amide bonds. The molecular weight excluding hydrogens is 470 g/mol. The fourth-order valence-corrected chi connectivity index (χ4v) is 4.81. The van der Waals surface area contributed by atoms with Gasteiger partial charge in [0, 0.05) is 47.9 Å². The number of nitrogens with one attached hydrogen (secondary N) is 1. The highest BCUT2D eigenvalue weighted by molar-refractivity contribution is 5.81. The Bertz CT molecular complexity index is 1220. The number of carbonyl (C=O) groups excluding carboxylic acids is 2. The van der Waals surface area contributed by atoms with Gasteiger partial charge in [0.05, 0.1) is 6.26 Å². The number of nitrogens with zero attached hydrogens (tertiary/aromatic N) is 2. The van der Waals surface area contributed by atoms with Crippen molar-refractivity contribution in [1.29, 1.82) is 0 Å². The molecule has 1 aliphatic rings. The first-order chi connectivity index (χ1) is 17.5. The van der Waals surface area contributed by atoms with E-state index >= 15 is 0 Å². The summed E-state index contributed by atoms with van der Waals surface area (Å²) in [5.74, 6) is -0.142. The van der Waals surface area contributed by atoms with Gasteiger partial charge in [-0.15, -0.1) is 0 Å². The second-order valence-corrected chi connectivity index (χ2v) is 11.3. The lowest BCUT2D eigenvalue weighted by molar-refractivity contribution is 0.0127. The number of para-hydroxylation sites is 1. The highest BCUT2D eigenvalue weighted by Gasteiger charge is 2.33. The molecule has 1 aliphatic heterocycles. The summed E-state index contributed by atoms with van der Waals surface area (Å²) < 4.78 is 17.3. The van der Waals surface area contributed by atoms with Gasteiger partial charge in [-0.1, -0.05) is 24.3 Å². The average molecular weight is 508 g/mol. The number of hydrogen-bond donors (Lipinski definition) is 1. The average Bonchev–Trinajstić information content (AvgIpc) is 3.31. The lowest BCUT2D eigenvalue weighted by Crippen LogP contribution is -2.51. The maximum absolute atomic E-state index is 13.0. The monoisotopic (exact) mass is 507 g/mol. The van der Waals surface area contributed by atoms with E-state index in [1.165, 1.54) is 0 Å². The molecule has 3 aromatic rings. The van der Waals surface area contributed by atoms with E-state index in [9.17, 15) is 9.59 Å². The van der Waals surface area contributed by atoms with E-state index in [0.29, 0.717) is 19.5 Å². The van der Waals surface area contributed by atoms with Gasteiger partial charge in [-0.05, 0) is 72.1 Å². The molecule has 8 nitrogen and oxygen atoms in total. The molecule has 2 aromatic heterocycles. The summed E-state index contributed by atoms with van der Waals surface area (Å²) in [6.45, 7) is 10.3. The normalized spacial score (nSPS) is 17.3. The minimum atomic E-state index is -0.805. The molecule has 1 N–H and O–H groups in total. The van der Waals surface area contributed by atoms with Gasteiger partial charge in [-0.25, -0.2) is 9.59 Å². The number of ether oxygens (including phenoxy) is 2. The smallest absolute Gasteiger partial charge is 0.410 e. The lowest BCUT2D eigenvalue weighted by atomic mass is 9.84. The maximum atomic E-state index is 13.0. The Hall–Kier alpha value is -3.55. The van der Waals surface area contributed by atoms with Crippen molar-refractivity contribution in [2.24, 2.45) is 0 Å². The highest BCUT2D eigenvalue weighted by atomic mass is 16.6. The van der Waals surface area contributed by atoms with Crippen LogP contribution in [0.2, 0.25) is 0 Å². The van der Waals surface area contributed by atoms with Crippen molar-refractivity contribution in [1.82, 2.24) is 15.2 Å². The van der Waals surface area contributed by atoms with Crippen LogP contribution in [0.25, 0.3) is 11.0 Å². The predicted molar refractivity (Wildman–Crippen MR) is 141 cm³/mol. The van der Waals surface area contributed by atoms with E-state index in [-0.39, 0.29) is 18.1 Å². The molecule has 0 aliphatic carbocycles. The van der Waals surface area contributed by atoms with Gasteiger partial charge in [0.25, 0.3) is 0 Å². The lowest BCUT2D eigenvalue weighted by Gasteiger charge is -2.35. The Kier molecular flexibility index (Phi) is 7.76. The predicted octanol–water partition coefficient (Wildman–Crippen LogP) is 6.25. The number of carbonyl (C=O) groups is 2. The van der Waals surface area contributed by atoms with Gasteiger partial charge in [0.15, 0.2) is 0 Å². The quantitative estimate of drug-likeness (QED) is 0.424. The number of benzene rings is 1. The molecule has 4 rings (SSSR count). The molecule has 198 valence electrons. The zero-order valence-corrected chi connectivity index (χ0v) is 22.3. The van der Waals surface area contributed by atoms with E-state index < -0.39 is 17.3 Å². The third-order valence-corrected chi connectivity index (χ3v) is 6.39. The van der Waals surface area contributed by atoms with E-state index in [0.717, 1.165) is 35.1 Å². The topological polar surface area (TPSA) is 93.9 Å². The molecule has 2 atom stereocenters. The fraction of sp³-hybridized carbons (Fsp3) is 0.483. The van der Waals surface area contributed by atoms with Crippen LogP contribution in [0, 0.1) is 0 Å². The zero-order valence-electron chi connectivity index (χ0n) is 22.3. The molecule has 1 fully saturated rings. The number of alkyl carbamates (subject to hydrolysis) is 1. The molecule has 37 heavy (non-hydrogen) atoms. The van der Waals surface area contributed by atoms with Gasteiger partial charge in [-0.2, -0.15) is 0 Å². The van der Waals surface area contributed by atoms with Gasteiger partial charge >= 0.3 is 12.2 Å². The summed E-state index contributed by atoms with van der Waals surface area (Å²) in [7, 11) is 0. The molecule has 3 heterocycles. The van der Waals surface area contributed by atoms with Gasteiger partial charge in [0.2, 0.25) is 0 Å². The molecule has 0 radical (unpaired) electrons. The standard InChI is InChI=1S/C29H37N3O5/c1-28(2,3)37-27(34)32-16-9-11-21(19-32)31-26(33)36-29(4,5)18-23(24-13-6-7-15-30-24)22-12-8-10-20-14-17-35-25(20)22/h6-8,10,12-15,17,21,23H,9,11,16,18-19H2,1-5H3,(H,31,33). The molecular formula is C29H37N3O5. The van der Waals surface area contributed by atoms with E-state index in [1.807, 2.05) is 77.1 Å². The number of likely N-dealkylation sites (tertiary alicyclic amines) is 1. The molecule has 1 aromatic carbocycles. The number of amides is 2. The Morgan fingerprint density at radius 2 is 1.92 bits per heavy atom. The van der Waals surface area contributed by atoms with E-state index in [1.54, 1.807) is 17.4 Å². The van der Waals surface area contributed by atoms with E-state index in [2.05, 4.69) is 10.3 Å². The van der Waals surface area contributed by atoms with Crippen LogP contribution in [0.5, 0.6) is 0 Å². The summed E-state index contributed by atoms with van der Waals surface area (Å²) in [6, 6.07) is 13.6. The van der Waals surface area contributed by atoms with Crippen LogP contribution in [0.15, 0.2) is 59.3 Å². The first-order valence-corrected chi connectivity index (χ1v) is 12.9. The number of aromatic nitrogens is 1. The highest BCUT2D eigenvalue weighted by Crippen LogP contribution is 2.37. The Morgan fingerprint density at radius 1 is 1.11 bits per heavy atom. The van der Waals surface area contributed by atoms with Crippen LogP contribution in [0.1, 0.15) is 71.1 Å². The SMILES string of the molecule is CC(C)(C)OC(=O)N1CCCC(NC(=O)OC(C)(C)CC(c2ccccn2)c2cccc3ccoc23)C1. The van der Waals surface area contributed by atoms with Gasteiger partial charge in [0.1, 0.15) is 16.8 Å². The second kappa shape index (κ2) is 10.8. The number of piperidine rings is 1. The van der Waals surface area contributed by atoms with Crippen molar-refractivity contribution < 1.29 is 23.5 Å². The van der Waals surface area contributed by atoms with Crippen LogP contribution in [-0.2, 0) is 9.47 Å². The number of fused-ring (bicyclic) bond motifs is 1. The van der Waals surface area contributed by atoms with Gasteiger partial charge < -0.3 is 24.1 Å². The van der Waals surface area contributed by atoms with Crippen LogP contribution in [0.4, 0.5) is 9.59 Å². The second-order valence-electron chi connectivity index (χ2n) is 11.3. The van der Waals surface area contributed by atoms with Crippen LogP contribution in [-0.4, -0.2) is 52.4 Å². The number of hydrogen-bond acceptors (Lipinski definition) is 6. The summed E-state index contributed by atoms with van der Waals surface area (Å²) in [5, 5.41) is 3.97. The maximum Gasteiger partial charge on any atom is 0.410 e. The number of pyridine rings is 1. The van der Waals surface area contributed by atoms with Crippen molar-refractivity contribution in [2.75, 3.05) is 13.1 Å². The Balaban J connectivity index is 1.44. The third kappa shape index (κ3) is 7.02. The zero-order chi connectivity index (χ0) is 26.6. The molecule has 0 spiro atoms. The molecule has 1 saturated heterocycles. The van der Waals surface area contributed by atoms with Crippen molar-refractivity contribution in [3.63, 3.8) is 0 Å². The summed E-state index contributed by atoms with van der Waals surface area (Å²) in [5.41, 5.74) is 1.32. The van der Waals surface area contributed by atoms with Crippen molar-refractivity contribution in [2.45, 2.75) is 77.0 Å². The molecule has 0 bridgehead atoms. The minimum absolute atomic E-state index is 0.142. The van der Waals surface area contributed by atoms with E-state index in [4.69, 9.17) is 13.9 Å². The molecule has 2 unspecified atom stereocenters. The summed E-state index contributed by atoms with van der Waals surface area (Å²) in [4.78, 5) is 31.7. The summed E-state index contributed by atoms with van der Waals surface area (Å²) in [6.07, 6.45) is 4.64.